The van der Waals surface area contributed by atoms with E-state index in [1.54, 1.807) is 6.20 Å². The number of rotatable bonds is 3. The molecule has 2 heteroatoms. The average molecular weight is 162 g/mol. The maximum absolute atomic E-state index is 5.59. The summed E-state index contributed by atoms with van der Waals surface area (Å²) in [6.07, 6.45) is 8.62. The molecule has 0 saturated heterocycles. The fourth-order valence-corrected chi connectivity index (χ4v) is 0.893. The Morgan fingerprint density at radius 2 is 2.50 bits per heavy atom. The second-order valence-electron chi connectivity index (χ2n) is 2.90. The molecule has 0 aliphatic carbocycles. The lowest BCUT2D eigenvalue weighted by Gasteiger charge is -1.97. The lowest BCUT2D eigenvalue weighted by Crippen LogP contribution is -2.12. The molecule has 1 atom stereocenters. The Morgan fingerprint density at radius 3 is 3.08 bits per heavy atom. The molecule has 1 aromatic heterocycles. The largest absolute Gasteiger partial charge is 0.328 e. The molecule has 0 fully saturated rings. The molecule has 64 valence electrons. The molecule has 0 amide bonds. The van der Waals surface area contributed by atoms with Gasteiger partial charge in [0.25, 0.3) is 0 Å². The van der Waals surface area contributed by atoms with E-state index in [9.17, 15) is 0 Å². The van der Waals surface area contributed by atoms with Gasteiger partial charge in [-0.2, -0.15) is 0 Å². The van der Waals surface area contributed by atoms with E-state index in [1.807, 2.05) is 31.3 Å². The van der Waals surface area contributed by atoms with Crippen LogP contribution in [0.1, 0.15) is 18.9 Å². The van der Waals surface area contributed by atoms with Crippen LogP contribution in [-0.4, -0.2) is 11.0 Å². The summed E-state index contributed by atoms with van der Waals surface area (Å²) in [5.74, 6) is 0. The first kappa shape index (κ1) is 8.94. The topological polar surface area (TPSA) is 38.9 Å². The first-order valence-electron chi connectivity index (χ1n) is 4.11. The minimum absolute atomic E-state index is 0.234. The van der Waals surface area contributed by atoms with Crippen LogP contribution in [0.15, 0.2) is 30.6 Å². The summed E-state index contributed by atoms with van der Waals surface area (Å²) < 4.78 is 0. The monoisotopic (exact) mass is 162 g/mol. The molecular formula is C10H14N2. The van der Waals surface area contributed by atoms with Gasteiger partial charge in [0.05, 0.1) is 0 Å². The standard InChI is InChI=1S/C10H14N2/c1-9(11)4-2-5-10-6-3-7-12-8-10/h2-3,5-9H,4,11H2,1H3/b5-2-/t9-/m0/s1. The molecular weight excluding hydrogens is 148 g/mol. The van der Waals surface area contributed by atoms with Crippen LogP contribution in [0.4, 0.5) is 0 Å². The molecule has 0 radical (unpaired) electrons. The van der Waals surface area contributed by atoms with E-state index in [4.69, 9.17) is 5.73 Å². The highest BCUT2D eigenvalue weighted by Gasteiger charge is 1.87. The van der Waals surface area contributed by atoms with Crippen LogP contribution >= 0.6 is 0 Å². The highest BCUT2D eigenvalue weighted by molar-refractivity contribution is 5.47. The van der Waals surface area contributed by atoms with Gasteiger partial charge in [-0.25, -0.2) is 0 Å². The second kappa shape index (κ2) is 4.67. The third-order valence-electron chi connectivity index (χ3n) is 1.50. The van der Waals surface area contributed by atoms with Gasteiger partial charge >= 0.3 is 0 Å². The van der Waals surface area contributed by atoms with Gasteiger partial charge in [0, 0.05) is 18.4 Å². The molecule has 2 N–H and O–H groups in total. The van der Waals surface area contributed by atoms with Crippen LogP contribution in [0.3, 0.4) is 0 Å². The molecule has 0 bridgehead atoms. The van der Waals surface area contributed by atoms with Crippen LogP contribution in [0.5, 0.6) is 0 Å². The van der Waals surface area contributed by atoms with E-state index in [2.05, 4.69) is 11.1 Å². The second-order valence-corrected chi connectivity index (χ2v) is 2.90. The lowest BCUT2D eigenvalue weighted by atomic mass is 10.2. The summed E-state index contributed by atoms with van der Waals surface area (Å²) in [4.78, 5) is 4.00. The zero-order valence-corrected chi connectivity index (χ0v) is 7.27. The third-order valence-corrected chi connectivity index (χ3v) is 1.50. The molecule has 0 spiro atoms. The van der Waals surface area contributed by atoms with Gasteiger partial charge in [-0.15, -0.1) is 0 Å². The predicted octanol–water partition coefficient (Wildman–Crippen LogP) is 1.83. The van der Waals surface area contributed by atoms with E-state index in [1.165, 1.54) is 0 Å². The number of hydrogen-bond donors (Lipinski definition) is 1. The Labute approximate surface area is 73.1 Å². The Morgan fingerprint density at radius 1 is 1.67 bits per heavy atom. The number of hydrogen-bond acceptors (Lipinski definition) is 2. The number of nitrogens with two attached hydrogens (primary N) is 1. The molecule has 1 heterocycles. The summed E-state index contributed by atoms with van der Waals surface area (Å²) in [5.41, 5.74) is 6.71. The summed E-state index contributed by atoms with van der Waals surface area (Å²) >= 11 is 0. The molecule has 1 rings (SSSR count). The molecule has 0 aromatic carbocycles. The van der Waals surface area contributed by atoms with Gasteiger partial charge in [-0.3, -0.25) is 4.98 Å². The van der Waals surface area contributed by atoms with E-state index in [0.29, 0.717) is 0 Å². The maximum Gasteiger partial charge on any atom is 0.0340 e. The SMILES string of the molecule is C[C@H](N)C/C=C\c1cccnc1. The first-order valence-corrected chi connectivity index (χ1v) is 4.11. The fraction of sp³-hybridized carbons (Fsp3) is 0.300. The average Bonchev–Trinajstić information content (AvgIpc) is 2.05. The van der Waals surface area contributed by atoms with Crippen molar-refractivity contribution in [2.75, 3.05) is 0 Å². The first-order chi connectivity index (χ1) is 5.79. The van der Waals surface area contributed by atoms with Crippen molar-refractivity contribution in [3.05, 3.63) is 36.2 Å². The van der Waals surface area contributed by atoms with Crippen molar-refractivity contribution in [2.45, 2.75) is 19.4 Å². The van der Waals surface area contributed by atoms with Crippen molar-refractivity contribution >= 4 is 6.08 Å². The molecule has 0 saturated carbocycles. The van der Waals surface area contributed by atoms with Crippen LogP contribution in [0.2, 0.25) is 0 Å². The third kappa shape index (κ3) is 3.30. The summed E-state index contributed by atoms with van der Waals surface area (Å²) in [6, 6.07) is 4.17. The van der Waals surface area contributed by atoms with E-state index >= 15 is 0 Å². The van der Waals surface area contributed by atoms with E-state index in [0.717, 1.165) is 12.0 Å². The van der Waals surface area contributed by atoms with Gasteiger partial charge in [0.15, 0.2) is 0 Å². The predicted molar refractivity (Wildman–Crippen MR) is 51.5 cm³/mol. The molecule has 12 heavy (non-hydrogen) atoms. The quantitative estimate of drug-likeness (QED) is 0.736. The van der Waals surface area contributed by atoms with Crippen molar-refractivity contribution < 1.29 is 0 Å². The van der Waals surface area contributed by atoms with Gasteiger partial charge < -0.3 is 5.73 Å². The van der Waals surface area contributed by atoms with E-state index in [-0.39, 0.29) is 6.04 Å². The van der Waals surface area contributed by atoms with Crippen molar-refractivity contribution in [3.8, 4) is 0 Å². The smallest absolute Gasteiger partial charge is 0.0340 e. The fourth-order valence-electron chi connectivity index (χ4n) is 0.893. The van der Waals surface area contributed by atoms with Crippen molar-refractivity contribution in [3.63, 3.8) is 0 Å². The number of aromatic nitrogens is 1. The van der Waals surface area contributed by atoms with Crippen molar-refractivity contribution in [2.24, 2.45) is 5.73 Å². The Kier molecular flexibility index (Phi) is 3.48. The zero-order chi connectivity index (χ0) is 8.81. The Bertz CT molecular complexity index is 239. The molecule has 0 unspecified atom stereocenters. The highest BCUT2D eigenvalue weighted by atomic mass is 14.6. The van der Waals surface area contributed by atoms with Gasteiger partial charge in [0.1, 0.15) is 0 Å². The summed E-state index contributed by atoms with van der Waals surface area (Å²) in [7, 11) is 0. The maximum atomic E-state index is 5.59. The molecule has 2 nitrogen and oxygen atoms in total. The van der Waals surface area contributed by atoms with Crippen LogP contribution in [0, 0.1) is 0 Å². The number of nitrogens with zero attached hydrogens (tertiary/aromatic N) is 1. The molecule has 1 aromatic rings. The normalized spacial score (nSPS) is 13.5. The van der Waals surface area contributed by atoms with Crippen LogP contribution < -0.4 is 5.73 Å². The van der Waals surface area contributed by atoms with Crippen molar-refractivity contribution in [1.82, 2.24) is 4.98 Å². The summed E-state index contributed by atoms with van der Waals surface area (Å²) in [5, 5.41) is 0. The highest BCUT2D eigenvalue weighted by Crippen LogP contribution is 2.00. The van der Waals surface area contributed by atoms with Crippen molar-refractivity contribution in [1.29, 1.82) is 0 Å². The van der Waals surface area contributed by atoms with Gasteiger partial charge in [-0.1, -0.05) is 18.2 Å². The number of pyridine rings is 1. The lowest BCUT2D eigenvalue weighted by molar-refractivity contribution is 0.759. The van der Waals surface area contributed by atoms with Crippen LogP contribution in [-0.2, 0) is 0 Å². The minimum Gasteiger partial charge on any atom is -0.328 e. The summed E-state index contributed by atoms with van der Waals surface area (Å²) in [6.45, 7) is 1.99. The zero-order valence-electron chi connectivity index (χ0n) is 7.27. The van der Waals surface area contributed by atoms with E-state index < -0.39 is 0 Å². The molecule has 0 aliphatic rings. The minimum atomic E-state index is 0.234. The van der Waals surface area contributed by atoms with Crippen LogP contribution in [0.25, 0.3) is 6.08 Å². The van der Waals surface area contributed by atoms with Gasteiger partial charge in [0.2, 0.25) is 0 Å². The Hall–Kier alpha value is -1.15. The van der Waals surface area contributed by atoms with Gasteiger partial charge in [-0.05, 0) is 25.0 Å². The Balaban J connectivity index is 2.47. The molecule has 0 aliphatic heterocycles.